The Hall–Kier alpha value is -4.32. The van der Waals surface area contributed by atoms with E-state index >= 15 is 0 Å². The Morgan fingerprint density at radius 2 is 1.65 bits per heavy atom. The van der Waals surface area contributed by atoms with Crippen LogP contribution in [0.4, 0.5) is 4.79 Å². The number of esters is 3. The van der Waals surface area contributed by atoms with Gasteiger partial charge in [-0.25, -0.2) is 14.4 Å². The molecule has 1 aromatic carbocycles. The summed E-state index contributed by atoms with van der Waals surface area (Å²) < 4.78 is 49.3. The van der Waals surface area contributed by atoms with E-state index in [1.165, 1.54) is 25.3 Å². The van der Waals surface area contributed by atoms with E-state index in [2.05, 4.69) is 5.32 Å². The fraction of sp³-hybridized carbons (Fsp3) is 0.636. The molecule has 1 amide bonds. The number of amides is 1. The molecule has 3 aliphatic carbocycles. The van der Waals surface area contributed by atoms with E-state index < -0.39 is 119 Å². The lowest BCUT2D eigenvalue weighted by atomic mass is 9.44. The first kappa shape index (κ1) is 43.8. The topological polar surface area (TPSA) is 219 Å². The van der Waals surface area contributed by atoms with Crippen LogP contribution in [-0.2, 0) is 42.7 Å². The van der Waals surface area contributed by atoms with Gasteiger partial charge in [-0.3, -0.25) is 4.79 Å². The number of rotatable bonds is 8. The standard InChI is InChI=1S/C44H57NO15/c1-22-26(55-37(50)31(48)30(25-17-14-18-53-25)45-38(51)60-39(3,4)5)20-44(52)35(56-36(49)24-15-12-11-13-16-24)33-42(10,27(47)19-28-43(33,21-54-28)57-23(2)46)34-32(29(22)40(44,6)7)58-41(8,9)59-34/h11-18,26-28,30-35,47-48,52H,19-21H2,1-10H3,(H,45,51)/t26-,27-,28+,30-,31+,32+,33-,34+,35-,42+,43-,44+/m0/s1. The summed E-state index contributed by atoms with van der Waals surface area (Å²) in [5, 5.41) is 40.2. The van der Waals surface area contributed by atoms with Gasteiger partial charge in [-0.15, -0.1) is 0 Å². The van der Waals surface area contributed by atoms with E-state index in [9.17, 15) is 34.5 Å². The van der Waals surface area contributed by atoms with Crippen LogP contribution in [0.2, 0.25) is 0 Å². The van der Waals surface area contributed by atoms with Crippen LogP contribution in [0.5, 0.6) is 0 Å². The van der Waals surface area contributed by atoms with Crippen LogP contribution in [0, 0.1) is 16.7 Å². The third-order valence-corrected chi connectivity index (χ3v) is 13.2. The van der Waals surface area contributed by atoms with Gasteiger partial charge in [0.1, 0.15) is 47.4 Å². The molecular formula is C44H57NO15. The van der Waals surface area contributed by atoms with E-state index in [4.69, 9.17) is 37.6 Å². The molecule has 16 heteroatoms. The molecule has 328 valence electrons. The highest BCUT2D eigenvalue weighted by atomic mass is 16.8. The SMILES string of the molecule is CC(=O)O[C@@]12CO[C@@H]1C[C@H](O)[C@@]1(C)[C@@H]3OC(C)(C)O[C@@H]3C3=C(C)[C@@H](OC(=O)[C@H](O)[C@@H](NC(=O)OC(C)(C)C)c4ccco4)C[C@@](O)([C@@H](OC(=O)c4ccccc4)[C@H]21)C3(C)C. The van der Waals surface area contributed by atoms with Gasteiger partial charge >= 0.3 is 24.0 Å². The summed E-state index contributed by atoms with van der Waals surface area (Å²) in [6.45, 7) is 16.5. The zero-order valence-corrected chi connectivity index (χ0v) is 35.7. The van der Waals surface area contributed by atoms with Gasteiger partial charge < -0.3 is 58.2 Å². The van der Waals surface area contributed by atoms with E-state index in [1.807, 2.05) is 0 Å². The second-order valence-electron chi connectivity index (χ2n) is 19.0. The zero-order valence-electron chi connectivity index (χ0n) is 35.7. The van der Waals surface area contributed by atoms with Crippen molar-refractivity contribution in [3.8, 4) is 0 Å². The van der Waals surface area contributed by atoms with Crippen molar-refractivity contribution in [2.75, 3.05) is 6.61 Å². The average molecular weight is 840 g/mol. The van der Waals surface area contributed by atoms with Crippen molar-refractivity contribution in [2.45, 2.75) is 153 Å². The van der Waals surface area contributed by atoms with Crippen LogP contribution in [0.3, 0.4) is 0 Å². The Labute approximate surface area is 348 Å². The van der Waals surface area contributed by atoms with Gasteiger partial charge in [-0.1, -0.05) is 39.0 Å². The second kappa shape index (κ2) is 14.9. The number of hydrogen-bond acceptors (Lipinski definition) is 15. The molecule has 2 saturated carbocycles. The van der Waals surface area contributed by atoms with Crippen LogP contribution in [0.25, 0.3) is 0 Å². The quantitative estimate of drug-likeness (QED) is 0.164. The smallest absolute Gasteiger partial charge is 0.408 e. The molecule has 3 heterocycles. The Morgan fingerprint density at radius 1 is 0.967 bits per heavy atom. The van der Waals surface area contributed by atoms with Gasteiger partial charge in [-0.05, 0) is 77.0 Å². The molecule has 2 aliphatic heterocycles. The Bertz CT molecular complexity index is 2020. The van der Waals surface area contributed by atoms with E-state index in [-0.39, 0.29) is 24.4 Å². The number of nitrogens with one attached hydrogen (secondary N) is 1. The number of ether oxygens (including phenoxy) is 7. The van der Waals surface area contributed by atoms with Crippen molar-refractivity contribution in [2.24, 2.45) is 16.7 Å². The molecule has 4 N–H and O–H groups in total. The molecule has 4 fully saturated rings. The molecule has 0 spiro atoms. The van der Waals surface area contributed by atoms with E-state index in [0.29, 0.717) is 11.1 Å². The maximum Gasteiger partial charge on any atom is 0.408 e. The van der Waals surface area contributed by atoms with Crippen LogP contribution < -0.4 is 5.32 Å². The summed E-state index contributed by atoms with van der Waals surface area (Å²) in [6, 6.07) is 9.70. The largest absolute Gasteiger partial charge is 0.467 e. The number of aliphatic hydroxyl groups excluding tert-OH is 2. The first-order chi connectivity index (χ1) is 27.9. The summed E-state index contributed by atoms with van der Waals surface area (Å²) in [6.07, 6.45) is -9.04. The first-order valence-electron chi connectivity index (χ1n) is 20.3. The lowest BCUT2D eigenvalue weighted by molar-refractivity contribution is -0.362. The number of hydrogen-bond donors (Lipinski definition) is 4. The van der Waals surface area contributed by atoms with Gasteiger partial charge in [0.15, 0.2) is 17.5 Å². The lowest BCUT2D eigenvalue weighted by Crippen LogP contribution is -2.82. The molecule has 16 nitrogen and oxygen atoms in total. The molecule has 2 bridgehead atoms. The zero-order chi connectivity index (χ0) is 44.0. The molecule has 7 rings (SSSR count). The van der Waals surface area contributed by atoms with Crippen molar-refractivity contribution in [1.29, 1.82) is 0 Å². The Balaban J connectivity index is 1.39. The van der Waals surface area contributed by atoms with Crippen LogP contribution in [0.1, 0.15) is 104 Å². The molecular weight excluding hydrogens is 782 g/mol. The number of aliphatic hydroxyl groups is 3. The fourth-order valence-corrected chi connectivity index (χ4v) is 10.4. The highest BCUT2D eigenvalue weighted by Crippen LogP contribution is 2.67. The van der Waals surface area contributed by atoms with Crippen LogP contribution in [0.15, 0.2) is 64.3 Å². The van der Waals surface area contributed by atoms with Gasteiger partial charge in [0.25, 0.3) is 0 Å². The predicted octanol–water partition coefficient (Wildman–Crippen LogP) is 4.44. The average Bonchev–Trinajstić information content (AvgIpc) is 3.79. The number of furan rings is 1. The Morgan fingerprint density at radius 3 is 2.23 bits per heavy atom. The van der Waals surface area contributed by atoms with Crippen LogP contribution in [-0.4, -0.2) is 111 Å². The summed E-state index contributed by atoms with van der Waals surface area (Å²) >= 11 is 0. The summed E-state index contributed by atoms with van der Waals surface area (Å²) in [4.78, 5) is 54.6. The third kappa shape index (κ3) is 7.12. The van der Waals surface area contributed by atoms with Crippen molar-refractivity contribution in [1.82, 2.24) is 5.32 Å². The van der Waals surface area contributed by atoms with Crippen molar-refractivity contribution >= 4 is 24.0 Å². The lowest BCUT2D eigenvalue weighted by Gasteiger charge is -2.68. The minimum atomic E-state index is -2.19. The highest BCUT2D eigenvalue weighted by molar-refractivity contribution is 5.89. The van der Waals surface area contributed by atoms with Gasteiger partial charge in [-0.2, -0.15) is 0 Å². The van der Waals surface area contributed by atoms with Gasteiger partial charge in [0.2, 0.25) is 0 Å². The third-order valence-electron chi connectivity index (χ3n) is 13.2. The predicted molar refractivity (Wildman–Crippen MR) is 209 cm³/mol. The number of carbonyl (C=O) groups excluding carboxylic acids is 4. The molecule has 1 aromatic heterocycles. The molecule has 2 aromatic rings. The van der Waals surface area contributed by atoms with Crippen molar-refractivity contribution in [3.63, 3.8) is 0 Å². The molecule has 5 aliphatic rings. The van der Waals surface area contributed by atoms with E-state index in [0.717, 1.165) is 0 Å². The minimum Gasteiger partial charge on any atom is -0.467 e. The monoisotopic (exact) mass is 839 g/mol. The number of carbonyl (C=O) groups is 4. The maximum absolute atomic E-state index is 14.3. The normalized spacial score (nSPS) is 36.0. The maximum atomic E-state index is 14.3. The second-order valence-corrected chi connectivity index (χ2v) is 19.0. The molecule has 12 atom stereocenters. The van der Waals surface area contributed by atoms with Gasteiger partial charge in [0, 0.05) is 30.6 Å². The minimum absolute atomic E-state index is 0.0266. The molecule has 0 radical (unpaired) electrons. The molecule has 0 unspecified atom stereocenters. The van der Waals surface area contributed by atoms with Gasteiger partial charge in [0.05, 0.1) is 36.6 Å². The summed E-state index contributed by atoms with van der Waals surface area (Å²) in [5.74, 6) is -5.09. The number of fused-ring (bicyclic) bond motifs is 8. The summed E-state index contributed by atoms with van der Waals surface area (Å²) in [5.41, 5.74) is -6.38. The fourth-order valence-electron chi connectivity index (χ4n) is 10.4. The van der Waals surface area contributed by atoms with Crippen molar-refractivity contribution < 1.29 is 72.1 Å². The number of alkyl carbamates (subject to hydrolysis) is 1. The van der Waals surface area contributed by atoms with Crippen LogP contribution >= 0.6 is 0 Å². The molecule has 2 saturated heterocycles. The first-order valence-corrected chi connectivity index (χ1v) is 20.3. The Kier molecular flexibility index (Phi) is 10.9. The number of benzene rings is 1. The summed E-state index contributed by atoms with van der Waals surface area (Å²) in [7, 11) is 0. The van der Waals surface area contributed by atoms with E-state index in [1.54, 1.807) is 92.6 Å². The molecule has 60 heavy (non-hydrogen) atoms. The highest BCUT2D eigenvalue weighted by Gasteiger charge is 2.79. The van der Waals surface area contributed by atoms with Crippen molar-refractivity contribution in [3.05, 3.63) is 71.2 Å².